The first-order chi connectivity index (χ1) is 10.6. The molecule has 1 spiro atoms. The molecule has 2 aliphatic heterocycles. The third kappa shape index (κ3) is 3.77. The molecule has 2 saturated heterocycles. The van der Waals surface area contributed by atoms with Crippen molar-refractivity contribution in [1.82, 2.24) is 4.90 Å². The number of hydrogen-bond acceptors (Lipinski definition) is 4. The van der Waals surface area contributed by atoms with E-state index >= 15 is 0 Å². The Balaban J connectivity index is 1.64. The number of benzene rings is 1. The maximum Gasteiger partial charge on any atom is 0.124 e. The first kappa shape index (κ1) is 16.5. The largest absolute Gasteiger partial charge is 0.387 e. The molecule has 1 aromatic rings. The molecule has 0 bridgehead atoms. The summed E-state index contributed by atoms with van der Waals surface area (Å²) in [4.78, 5) is 2.30. The second-order valence-corrected chi connectivity index (χ2v) is 8.03. The van der Waals surface area contributed by atoms with Crippen molar-refractivity contribution >= 4 is 23.4 Å². The van der Waals surface area contributed by atoms with Crippen LogP contribution in [0.25, 0.3) is 0 Å². The van der Waals surface area contributed by atoms with Crippen molar-refractivity contribution in [2.75, 3.05) is 38.6 Å². The van der Waals surface area contributed by atoms with Gasteiger partial charge in [0.05, 0.1) is 6.10 Å². The minimum Gasteiger partial charge on any atom is -0.387 e. The van der Waals surface area contributed by atoms with E-state index in [1.165, 1.54) is 12.1 Å². The summed E-state index contributed by atoms with van der Waals surface area (Å²) >= 11 is 8.08. The van der Waals surface area contributed by atoms with Crippen molar-refractivity contribution in [1.29, 1.82) is 0 Å². The van der Waals surface area contributed by atoms with Gasteiger partial charge < -0.3 is 9.84 Å². The van der Waals surface area contributed by atoms with Gasteiger partial charge in [0, 0.05) is 53.9 Å². The number of aliphatic hydroxyl groups excluding tert-OH is 1. The molecule has 0 saturated carbocycles. The second-order valence-electron chi connectivity index (χ2n) is 6.06. The maximum absolute atomic E-state index is 13.1. The fourth-order valence-corrected chi connectivity index (χ4v) is 5.04. The van der Waals surface area contributed by atoms with Crippen LogP contribution in [0.2, 0.25) is 5.02 Å². The Kier molecular flexibility index (Phi) is 5.30. The van der Waals surface area contributed by atoms with Crippen molar-refractivity contribution in [3.8, 4) is 0 Å². The lowest BCUT2D eigenvalue weighted by Crippen LogP contribution is -2.50. The van der Waals surface area contributed by atoms with Crippen molar-refractivity contribution in [2.24, 2.45) is 0 Å². The topological polar surface area (TPSA) is 32.7 Å². The van der Waals surface area contributed by atoms with Gasteiger partial charge in [0.15, 0.2) is 0 Å². The standard InChI is InChI=1S/C16H21ClFNO2S/c17-14-9-12(18)1-2-13(14)15(20)10-19-5-8-22-16(11-19)3-6-21-7-4-16/h1-2,9,15,20H,3-8,10-11H2. The summed E-state index contributed by atoms with van der Waals surface area (Å²) in [5.41, 5.74) is 0.599. The number of thioether (sulfide) groups is 1. The second kappa shape index (κ2) is 7.05. The van der Waals surface area contributed by atoms with Gasteiger partial charge in [-0.25, -0.2) is 4.39 Å². The minimum absolute atomic E-state index is 0.267. The molecule has 6 heteroatoms. The highest BCUT2D eigenvalue weighted by Gasteiger charge is 2.38. The number of aliphatic hydroxyl groups is 1. The smallest absolute Gasteiger partial charge is 0.124 e. The molecule has 1 atom stereocenters. The molecule has 0 radical (unpaired) electrons. The van der Waals surface area contributed by atoms with Gasteiger partial charge >= 0.3 is 0 Å². The lowest BCUT2D eigenvalue weighted by atomic mass is 9.97. The maximum atomic E-state index is 13.1. The molecule has 1 unspecified atom stereocenters. The third-order valence-electron chi connectivity index (χ3n) is 4.48. The number of nitrogens with zero attached hydrogens (tertiary/aromatic N) is 1. The van der Waals surface area contributed by atoms with Crippen LogP contribution in [-0.4, -0.2) is 53.4 Å². The van der Waals surface area contributed by atoms with E-state index in [4.69, 9.17) is 16.3 Å². The summed E-state index contributed by atoms with van der Waals surface area (Å²) in [6.07, 6.45) is 1.46. The van der Waals surface area contributed by atoms with Gasteiger partial charge in [0.2, 0.25) is 0 Å². The Labute approximate surface area is 139 Å². The molecule has 2 fully saturated rings. The van der Waals surface area contributed by atoms with Crippen molar-refractivity contribution in [2.45, 2.75) is 23.7 Å². The molecule has 0 amide bonds. The van der Waals surface area contributed by atoms with Crippen LogP contribution >= 0.6 is 23.4 Å². The molecule has 3 rings (SSSR count). The van der Waals surface area contributed by atoms with Crippen molar-refractivity contribution in [3.63, 3.8) is 0 Å². The van der Waals surface area contributed by atoms with Gasteiger partial charge in [0.1, 0.15) is 5.82 Å². The predicted octanol–water partition coefficient (Wildman–Crippen LogP) is 3.11. The number of β-amino-alcohol motifs (C(OH)–C–C–N with tert-alkyl or cyclic N) is 1. The molecule has 2 heterocycles. The van der Waals surface area contributed by atoms with Gasteiger partial charge in [-0.1, -0.05) is 17.7 Å². The van der Waals surface area contributed by atoms with Gasteiger partial charge in [-0.2, -0.15) is 11.8 Å². The molecule has 122 valence electrons. The van der Waals surface area contributed by atoms with Crippen LogP contribution in [0, 0.1) is 5.82 Å². The fraction of sp³-hybridized carbons (Fsp3) is 0.625. The van der Waals surface area contributed by atoms with E-state index in [1.807, 2.05) is 11.8 Å². The van der Waals surface area contributed by atoms with E-state index in [1.54, 1.807) is 6.07 Å². The van der Waals surface area contributed by atoms with Gasteiger partial charge in [-0.15, -0.1) is 0 Å². The first-order valence-corrected chi connectivity index (χ1v) is 9.01. The van der Waals surface area contributed by atoms with E-state index in [9.17, 15) is 9.50 Å². The highest BCUT2D eigenvalue weighted by Crippen LogP contribution is 2.39. The van der Waals surface area contributed by atoms with E-state index < -0.39 is 6.10 Å². The lowest BCUT2D eigenvalue weighted by Gasteiger charge is -2.45. The Morgan fingerprint density at radius 1 is 1.41 bits per heavy atom. The first-order valence-electron chi connectivity index (χ1n) is 7.65. The molecule has 0 aromatic heterocycles. The quantitative estimate of drug-likeness (QED) is 0.912. The Hall–Kier alpha value is -0.330. The average molecular weight is 346 g/mol. The molecule has 3 nitrogen and oxygen atoms in total. The van der Waals surface area contributed by atoms with E-state index in [-0.39, 0.29) is 10.6 Å². The highest BCUT2D eigenvalue weighted by atomic mass is 35.5. The summed E-state index contributed by atoms with van der Waals surface area (Å²) < 4.78 is 18.9. The summed E-state index contributed by atoms with van der Waals surface area (Å²) in [5.74, 6) is 0.695. The zero-order valence-corrected chi connectivity index (χ0v) is 14.0. The normalized spacial score (nSPS) is 23.6. The van der Waals surface area contributed by atoms with Crippen LogP contribution in [0.1, 0.15) is 24.5 Å². The Bertz CT molecular complexity index is 519. The third-order valence-corrected chi connectivity index (χ3v) is 6.35. The van der Waals surface area contributed by atoms with Crippen LogP contribution in [0.15, 0.2) is 18.2 Å². The number of hydrogen-bond donors (Lipinski definition) is 1. The van der Waals surface area contributed by atoms with Crippen LogP contribution < -0.4 is 0 Å². The highest BCUT2D eigenvalue weighted by molar-refractivity contribution is 8.00. The van der Waals surface area contributed by atoms with E-state index in [0.29, 0.717) is 17.1 Å². The van der Waals surface area contributed by atoms with Crippen LogP contribution in [0.5, 0.6) is 0 Å². The van der Waals surface area contributed by atoms with Crippen LogP contribution in [0.4, 0.5) is 4.39 Å². The van der Waals surface area contributed by atoms with Gasteiger partial charge in [0.25, 0.3) is 0 Å². The Morgan fingerprint density at radius 3 is 2.91 bits per heavy atom. The summed E-state index contributed by atoms with van der Waals surface area (Å²) in [6.45, 7) is 4.12. The number of halogens is 2. The fourth-order valence-electron chi connectivity index (χ4n) is 3.24. The lowest BCUT2D eigenvalue weighted by molar-refractivity contribution is 0.0523. The minimum atomic E-state index is -0.687. The molecular formula is C16H21ClFNO2S. The average Bonchev–Trinajstić information content (AvgIpc) is 2.48. The molecule has 0 aliphatic carbocycles. The van der Waals surface area contributed by atoms with Crippen LogP contribution in [-0.2, 0) is 4.74 Å². The van der Waals surface area contributed by atoms with E-state index in [2.05, 4.69) is 4.90 Å². The van der Waals surface area contributed by atoms with Gasteiger partial charge in [-0.3, -0.25) is 4.90 Å². The molecule has 22 heavy (non-hydrogen) atoms. The monoisotopic (exact) mass is 345 g/mol. The summed E-state index contributed by atoms with van der Waals surface area (Å²) in [5, 5.41) is 10.7. The molecule has 1 aromatic carbocycles. The zero-order chi connectivity index (χ0) is 15.6. The van der Waals surface area contributed by atoms with Crippen molar-refractivity contribution in [3.05, 3.63) is 34.6 Å². The van der Waals surface area contributed by atoms with Crippen molar-refractivity contribution < 1.29 is 14.2 Å². The molecule has 2 aliphatic rings. The SMILES string of the molecule is OC(CN1CCSC2(CCOCC2)C1)c1ccc(F)cc1Cl. The van der Waals surface area contributed by atoms with E-state index in [0.717, 1.165) is 44.9 Å². The predicted molar refractivity (Wildman–Crippen MR) is 88.1 cm³/mol. The number of rotatable bonds is 3. The Morgan fingerprint density at radius 2 is 2.18 bits per heavy atom. The zero-order valence-electron chi connectivity index (χ0n) is 12.4. The van der Waals surface area contributed by atoms with Crippen LogP contribution in [0.3, 0.4) is 0 Å². The summed E-state index contributed by atoms with van der Waals surface area (Å²) in [7, 11) is 0. The summed E-state index contributed by atoms with van der Waals surface area (Å²) in [6, 6.07) is 4.17. The number of ether oxygens (including phenoxy) is 1. The molecular weight excluding hydrogens is 325 g/mol. The van der Waals surface area contributed by atoms with Gasteiger partial charge in [-0.05, 0) is 25.0 Å². The molecule has 1 N–H and O–H groups in total.